The molecule has 17 heavy (non-hydrogen) atoms. The Labute approximate surface area is 104 Å². The van der Waals surface area contributed by atoms with Crippen LogP contribution in [0.5, 0.6) is 0 Å². The molecule has 0 radical (unpaired) electrons. The van der Waals surface area contributed by atoms with Crippen molar-refractivity contribution in [2.45, 2.75) is 46.2 Å². The quantitative estimate of drug-likeness (QED) is 0.747. The van der Waals surface area contributed by atoms with Gasteiger partial charge in [0.1, 0.15) is 5.41 Å². The molecule has 0 saturated carbocycles. The highest BCUT2D eigenvalue weighted by atomic mass is 16.2. The largest absolute Gasteiger partial charge is 0.342 e. The van der Waals surface area contributed by atoms with E-state index in [4.69, 9.17) is 0 Å². The van der Waals surface area contributed by atoms with Crippen LogP contribution < -0.4 is 0 Å². The van der Waals surface area contributed by atoms with Crippen LogP contribution in [0, 0.1) is 16.7 Å². The van der Waals surface area contributed by atoms with Gasteiger partial charge < -0.3 is 4.90 Å². The third kappa shape index (κ3) is 2.61. The summed E-state index contributed by atoms with van der Waals surface area (Å²) < 4.78 is 0. The van der Waals surface area contributed by atoms with E-state index < -0.39 is 5.41 Å². The van der Waals surface area contributed by atoms with Crippen LogP contribution in [-0.2, 0) is 4.79 Å². The van der Waals surface area contributed by atoms with Gasteiger partial charge in [-0.25, -0.2) is 0 Å². The fourth-order valence-corrected chi connectivity index (χ4v) is 2.17. The standard InChI is InChI=1S/C13H23N3O/c1-10(2)15(5)12(17)13(8-14)6-7-16(9-13)11(3)4/h10-11H,6-7,9H2,1-5H3. The van der Waals surface area contributed by atoms with E-state index in [0.29, 0.717) is 19.0 Å². The summed E-state index contributed by atoms with van der Waals surface area (Å²) in [6, 6.07) is 2.80. The first-order valence-corrected chi connectivity index (χ1v) is 6.26. The van der Waals surface area contributed by atoms with E-state index in [-0.39, 0.29) is 11.9 Å². The van der Waals surface area contributed by atoms with Gasteiger partial charge in [0.2, 0.25) is 5.91 Å². The summed E-state index contributed by atoms with van der Waals surface area (Å²) in [4.78, 5) is 16.3. The molecule has 4 nitrogen and oxygen atoms in total. The summed E-state index contributed by atoms with van der Waals surface area (Å²) in [5.74, 6) is -0.0295. The number of rotatable bonds is 3. The second-order valence-electron chi connectivity index (χ2n) is 5.52. The smallest absolute Gasteiger partial charge is 0.244 e. The van der Waals surface area contributed by atoms with Crippen molar-refractivity contribution in [2.24, 2.45) is 5.41 Å². The number of amides is 1. The van der Waals surface area contributed by atoms with Crippen molar-refractivity contribution >= 4 is 5.91 Å². The molecule has 0 aromatic rings. The van der Waals surface area contributed by atoms with Crippen molar-refractivity contribution < 1.29 is 4.79 Å². The maximum absolute atomic E-state index is 12.4. The van der Waals surface area contributed by atoms with Crippen LogP contribution in [0.2, 0.25) is 0 Å². The SMILES string of the molecule is CC(C)N1CCC(C#N)(C(=O)N(C)C(C)C)C1. The summed E-state index contributed by atoms with van der Waals surface area (Å²) in [7, 11) is 1.78. The van der Waals surface area contributed by atoms with E-state index in [1.54, 1.807) is 11.9 Å². The van der Waals surface area contributed by atoms with Crippen molar-refractivity contribution in [3.8, 4) is 6.07 Å². The topological polar surface area (TPSA) is 47.3 Å². The molecule has 1 aliphatic heterocycles. The van der Waals surface area contributed by atoms with Gasteiger partial charge >= 0.3 is 0 Å². The predicted molar refractivity (Wildman–Crippen MR) is 67.3 cm³/mol. The minimum atomic E-state index is -0.830. The van der Waals surface area contributed by atoms with Crippen molar-refractivity contribution in [1.82, 2.24) is 9.80 Å². The first-order chi connectivity index (χ1) is 7.84. The van der Waals surface area contributed by atoms with E-state index in [0.717, 1.165) is 6.54 Å². The van der Waals surface area contributed by atoms with E-state index in [1.807, 2.05) is 13.8 Å². The molecular weight excluding hydrogens is 214 g/mol. The maximum Gasteiger partial charge on any atom is 0.244 e. The van der Waals surface area contributed by atoms with Crippen LogP contribution in [0.1, 0.15) is 34.1 Å². The van der Waals surface area contributed by atoms with Gasteiger partial charge in [-0.1, -0.05) is 0 Å². The average molecular weight is 237 g/mol. The molecule has 0 N–H and O–H groups in total. The fourth-order valence-electron chi connectivity index (χ4n) is 2.17. The lowest BCUT2D eigenvalue weighted by Gasteiger charge is -2.30. The molecule has 0 aliphatic carbocycles. The molecule has 1 saturated heterocycles. The normalized spacial score (nSPS) is 25.3. The van der Waals surface area contributed by atoms with Crippen LogP contribution in [-0.4, -0.2) is 47.9 Å². The van der Waals surface area contributed by atoms with Gasteiger partial charge in [-0.15, -0.1) is 0 Å². The van der Waals surface area contributed by atoms with Crippen LogP contribution in [0.25, 0.3) is 0 Å². The van der Waals surface area contributed by atoms with Crippen LogP contribution in [0.4, 0.5) is 0 Å². The van der Waals surface area contributed by atoms with E-state index in [9.17, 15) is 10.1 Å². The molecule has 96 valence electrons. The van der Waals surface area contributed by atoms with Gasteiger partial charge in [-0.3, -0.25) is 9.69 Å². The molecule has 4 heteroatoms. The Balaban J connectivity index is 2.86. The van der Waals surface area contributed by atoms with Crippen LogP contribution >= 0.6 is 0 Å². The minimum absolute atomic E-state index is 0.0295. The second-order valence-corrected chi connectivity index (χ2v) is 5.52. The first-order valence-electron chi connectivity index (χ1n) is 6.26. The van der Waals surface area contributed by atoms with Crippen molar-refractivity contribution in [1.29, 1.82) is 5.26 Å². The number of hydrogen-bond acceptors (Lipinski definition) is 3. The zero-order valence-electron chi connectivity index (χ0n) is 11.5. The molecule has 0 bridgehead atoms. The molecule has 1 aliphatic rings. The van der Waals surface area contributed by atoms with E-state index in [1.165, 1.54) is 0 Å². The van der Waals surface area contributed by atoms with Gasteiger partial charge in [-0.2, -0.15) is 5.26 Å². The Morgan fingerprint density at radius 1 is 1.41 bits per heavy atom. The summed E-state index contributed by atoms with van der Waals surface area (Å²) >= 11 is 0. The summed E-state index contributed by atoms with van der Waals surface area (Å²) in [6.45, 7) is 9.55. The number of hydrogen-bond donors (Lipinski definition) is 0. The molecule has 1 amide bonds. The molecule has 0 spiro atoms. The molecule has 0 aromatic heterocycles. The molecular formula is C13H23N3O. The highest BCUT2D eigenvalue weighted by Gasteiger charge is 2.47. The summed E-state index contributed by atoms with van der Waals surface area (Å²) in [5.41, 5.74) is -0.830. The molecule has 1 heterocycles. The maximum atomic E-state index is 12.4. The van der Waals surface area contributed by atoms with Crippen molar-refractivity contribution in [3.63, 3.8) is 0 Å². The molecule has 1 unspecified atom stereocenters. The third-order valence-corrected chi connectivity index (χ3v) is 3.75. The lowest BCUT2D eigenvalue weighted by atomic mass is 9.87. The number of carbonyl (C=O) groups excluding carboxylic acids is 1. The Morgan fingerprint density at radius 2 is 2.00 bits per heavy atom. The Bertz CT molecular complexity index is 332. The number of carbonyl (C=O) groups is 1. The average Bonchev–Trinajstić information content (AvgIpc) is 2.72. The predicted octanol–water partition coefficient (Wildman–Crippen LogP) is 1.48. The zero-order valence-corrected chi connectivity index (χ0v) is 11.5. The van der Waals surface area contributed by atoms with Gasteiger partial charge in [0.05, 0.1) is 6.07 Å². The zero-order chi connectivity index (χ0) is 13.2. The van der Waals surface area contributed by atoms with Gasteiger partial charge in [0.15, 0.2) is 0 Å². The first kappa shape index (κ1) is 14.0. The monoisotopic (exact) mass is 237 g/mol. The second kappa shape index (κ2) is 5.05. The van der Waals surface area contributed by atoms with Crippen LogP contribution in [0.3, 0.4) is 0 Å². The number of nitriles is 1. The lowest BCUT2D eigenvalue weighted by molar-refractivity contribution is -0.138. The fraction of sp³-hybridized carbons (Fsp3) is 0.846. The van der Waals surface area contributed by atoms with Crippen molar-refractivity contribution in [2.75, 3.05) is 20.1 Å². The van der Waals surface area contributed by atoms with Gasteiger partial charge in [0, 0.05) is 32.2 Å². The van der Waals surface area contributed by atoms with Gasteiger partial charge in [-0.05, 0) is 34.1 Å². The van der Waals surface area contributed by atoms with E-state index in [2.05, 4.69) is 24.8 Å². The highest BCUT2D eigenvalue weighted by Crippen LogP contribution is 2.33. The summed E-state index contributed by atoms with van der Waals surface area (Å²) in [5, 5.41) is 9.39. The summed E-state index contributed by atoms with van der Waals surface area (Å²) in [6.07, 6.45) is 0.650. The lowest BCUT2D eigenvalue weighted by Crippen LogP contribution is -2.46. The molecule has 1 atom stereocenters. The molecule has 0 aromatic carbocycles. The minimum Gasteiger partial charge on any atom is -0.342 e. The number of likely N-dealkylation sites (tertiary alicyclic amines) is 1. The molecule has 1 rings (SSSR count). The highest BCUT2D eigenvalue weighted by molar-refractivity contribution is 5.86. The van der Waals surface area contributed by atoms with Crippen LogP contribution in [0.15, 0.2) is 0 Å². The molecule has 1 fully saturated rings. The third-order valence-electron chi connectivity index (χ3n) is 3.75. The Morgan fingerprint density at radius 3 is 2.35 bits per heavy atom. The van der Waals surface area contributed by atoms with E-state index >= 15 is 0 Å². The Kier molecular flexibility index (Phi) is 4.16. The van der Waals surface area contributed by atoms with Crippen molar-refractivity contribution in [3.05, 3.63) is 0 Å². The number of nitrogens with zero attached hydrogens (tertiary/aromatic N) is 3. The Hall–Kier alpha value is -1.08. The van der Waals surface area contributed by atoms with Gasteiger partial charge in [0.25, 0.3) is 0 Å².